The first-order chi connectivity index (χ1) is 30.2. The summed E-state index contributed by atoms with van der Waals surface area (Å²) < 4.78 is 6.84. The second kappa shape index (κ2) is 12.6. The molecule has 0 atom stereocenters. The van der Waals surface area contributed by atoms with Crippen molar-refractivity contribution >= 4 is 65.0 Å². The van der Waals surface area contributed by atoms with Crippen molar-refractivity contribution in [3.05, 3.63) is 145 Å². The second-order valence-corrected chi connectivity index (χ2v) is 21.2. The predicted molar refractivity (Wildman–Crippen MR) is 254 cm³/mol. The van der Waals surface area contributed by atoms with Crippen LogP contribution in [0.3, 0.4) is 0 Å². The molecule has 9 aromatic rings. The third-order valence-corrected chi connectivity index (χ3v) is 18.1. The minimum Gasteiger partial charge on any atom is -0.456 e. The summed E-state index contributed by atoms with van der Waals surface area (Å²) in [6, 6.07) is 51.7. The van der Waals surface area contributed by atoms with Crippen molar-refractivity contribution < 1.29 is 4.42 Å². The van der Waals surface area contributed by atoms with E-state index >= 15 is 0 Å². The molecule has 0 spiro atoms. The number of furan rings is 1. The van der Waals surface area contributed by atoms with E-state index in [2.05, 4.69) is 133 Å². The highest BCUT2D eigenvalue weighted by molar-refractivity contribution is 6.23. The number of benzene rings is 8. The quantitative estimate of drug-likeness (QED) is 0.162. The second-order valence-electron chi connectivity index (χ2n) is 21.2. The highest BCUT2D eigenvalue weighted by Gasteiger charge is 2.51. The maximum Gasteiger partial charge on any atom is 0.136 e. The molecule has 1 nitrogen and oxygen atoms in total. The molecule has 61 heavy (non-hydrogen) atoms. The third kappa shape index (κ3) is 4.79. The van der Waals surface area contributed by atoms with Gasteiger partial charge in [0.1, 0.15) is 11.2 Å². The summed E-state index contributed by atoms with van der Waals surface area (Å²) in [5.74, 6) is 8.48. The van der Waals surface area contributed by atoms with Crippen molar-refractivity contribution in [2.75, 3.05) is 0 Å². The first-order valence-electron chi connectivity index (χ1n) is 24.0. The van der Waals surface area contributed by atoms with Gasteiger partial charge in [0, 0.05) is 10.8 Å². The molecular weight excluding hydrogens is 737 g/mol. The average Bonchev–Trinajstić information content (AvgIpc) is 3.66. The molecule has 0 unspecified atom stereocenters. The number of fused-ring (bicyclic) bond motifs is 7. The van der Waals surface area contributed by atoms with Gasteiger partial charge < -0.3 is 4.42 Å². The summed E-state index contributed by atoms with van der Waals surface area (Å²) in [5.41, 5.74) is 10.5. The zero-order valence-corrected chi connectivity index (χ0v) is 35.0. The molecule has 0 amide bonds. The fourth-order valence-electron chi connectivity index (χ4n) is 16.6. The largest absolute Gasteiger partial charge is 0.456 e. The number of rotatable bonds is 4. The predicted octanol–water partition coefficient (Wildman–Crippen LogP) is 16.6. The summed E-state index contributed by atoms with van der Waals surface area (Å²) in [5, 5.41) is 13.9. The van der Waals surface area contributed by atoms with E-state index < -0.39 is 0 Å². The lowest BCUT2D eigenvalue weighted by atomic mass is 9.50. The van der Waals surface area contributed by atoms with Gasteiger partial charge in [-0.15, -0.1) is 0 Å². The lowest BCUT2D eigenvalue weighted by Crippen LogP contribution is -2.43. The number of hydrogen-bond acceptors (Lipinski definition) is 1. The van der Waals surface area contributed by atoms with E-state index in [0.29, 0.717) is 11.8 Å². The Morgan fingerprint density at radius 1 is 0.328 bits per heavy atom. The smallest absolute Gasteiger partial charge is 0.136 e. The summed E-state index contributed by atoms with van der Waals surface area (Å²) in [6.07, 6.45) is 14.4. The molecule has 8 bridgehead atoms. The molecule has 0 N–H and O–H groups in total. The highest BCUT2D eigenvalue weighted by Crippen LogP contribution is 2.63. The molecular formula is C60H52O. The van der Waals surface area contributed by atoms with Crippen LogP contribution in [0.2, 0.25) is 0 Å². The highest BCUT2D eigenvalue weighted by atomic mass is 16.3. The normalized spacial score (nSPS) is 30.0. The van der Waals surface area contributed by atoms with Gasteiger partial charge in [-0.25, -0.2) is 0 Å². The van der Waals surface area contributed by atoms with Crippen molar-refractivity contribution in [2.24, 2.45) is 47.3 Å². The Bertz CT molecular complexity index is 3140. The Balaban J connectivity index is 0.959. The Hall–Kier alpha value is -5.40. The van der Waals surface area contributed by atoms with Crippen LogP contribution in [0.4, 0.5) is 0 Å². The first-order valence-corrected chi connectivity index (χ1v) is 24.0. The molecule has 1 heteroatoms. The van der Waals surface area contributed by atoms with Crippen LogP contribution in [0, 0.1) is 47.3 Å². The van der Waals surface area contributed by atoms with Crippen molar-refractivity contribution in [1.29, 1.82) is 0 Å². The minimum atomic E-state index is 0.657. The van der Waals surface area contributed by atoms with Gasteiger partial charge in [0.25, 0.3) is 0 Å². The molecule has 8 aliphatic carbocycles. The molecule has 17 rings (SSSR count). The van der Waals surface area contributed by atoms with Crippen LogP contribution in [0.5, 0.6) is 0 Å². The minimum absolute atomic E-state index is 0.657. The molecule has 8 aliphatic rings. The van der Waals surface area contributed by atoms with Gasteiger partial charge in [-0.2, -0.15) is 0 Å². The van der Waals surface area contributed by atoms with Crippen molar-refractivity contribution in [3.8, 4) is 22.3 Å². The maximum atomic E-state index is 6.84. The average molecular weight is 789 g/mol. The lowest BCUT2D eigenvalue weighted by Gasteiger charge is -2.55. The van der Waals surface area contributed by atoms with E-state index in [-0.39, 0.29) is 0 Å². The monoisotopic (exact) mass is 788 g/mol. The molecule has 1 aromatic heterocycles. The third-order valence-electron chi connectivity index (χ3n) is 18.1. The van der Waals surface area contributed by atoms with Gasteiger partial charge in [0.15, 0.2) is 0 Å². The topological polar surface area (TPSA) is 13.1 Å². The van der Waals surface area contributed by atoms with E-state index in [1.54, 1.807) is 11.1 Å². The molecule has 8 fully saturated rings. The van der Waals surface area contributed by atoms with Gasteiger partial charge >= 0.3 is 0 Å². The fourth-order valence-corrected chi connectivity index (χ4v) is 16.6. The molecule has 8 saturated carbocycles. The fraction of sp³-hybridized carbons (Fsp3) is 0.333. The zero-order valence-electron chi connectivity index (χ0n) is 35.0. The molecule has 0 radical (unpaired) electrons. The van der Waals surface area contributed by atoms with Gasteiger partial charge in [-0.1, -0.05) is 115 Å². The van der Waals surface area contributed by atoms with Crippen LogP contribution in [0.15, 0.2) is 138 Å². The van der Waals surface area contributed by atoms with Gasteiger partial charge in [0.05, 0.1) is 0 Å². The number of hydrogen-bond donors (Lipinski definition) is 0. The van der Waals surface area contributed by atoms with Crippen LogP contribution < -0.4 is 0 Å². The van der Waals surface area contributed by atoms with Gasteiger partial charge in [0.2, 0.25) is 0 Å². The molecule has 0 aliphatic heterocycles. The van der Waals surface area contributed by atoms with E-state index in [0.717, 1.165) is 58.5 Å². The Kier molecular flexibility index (Phi) is 7.06. The van der Waals surface area contributed by atoms with E-state index in [4.69, 9.17) is 4.42 Å². The Labute approximate surface area is 358 Å². The van der Waals surface area contributed by atoms with Gasteiger partial charge in [-0.3, -0.25) is 0 Å². The molecule has 298 valence electrons. The summed E-state index contributed by atoms with van der Waals surface area (Å²) in [4.78, 5) is 0. The van der Waals surface area contributed by atoms with Crippen LogP contribution >= 0.6 is 0 Å². The summed E-state index contributed by atoms with van der Waals surface area (Å²) >= 11 is 0. The van der Waals surface area contributed by atoms with Crippen molar-refractivity contribution in [3.63, 3.8) is 0 Å². The zero-order chi connectivity index (χ0) is 39.5. The summed E-state index contributed by atoms with van der Waals surface area (Å²) in [6.45, 7) is 0. The Morgan fingerprint density at radius 2 is 0.738 bits per heavy atom. The van der Waals surface area contributed by atoms with E-state index in [1.807, 2.05) is 0 Å². The van der Waals surface area contributed by atoms with Crippen LogP contribution in [0.1, 0.15) is 87.2 Å². The van der Waals surface area contributed by atoms with E-state index in [9.17, 15) is 0 Å². The Morgan fingerprint density at radius 3 is 1.18 bits per heavy atom. The maximum absolute atomic E-state index is 6.84. The SMILES string of the molecule is c1cc(-c2c3ccccc3c(C3C4CC5CC(C4)CC3C5)c3ccccc23)c2c(c1)oc1ccc(-c3c4ccccc4c(C4C5CC6CC(C5)CC4C6)c4ccccc34)cc12. The van der Waals surface area contributed by atoms with Gasteiger partial charge in [-0.05, 0) is 218 Å². The van der Waals surface area contributed by atoms with Crippen molar-refractivity contribution in [2.45, 2.75) is 76.0 Å². The summed E-state index contributed by atoms with van der Waals surface area (Å²) in [7, 11) is 0. The van der Waals surface area contributed by atoms with Crippen LogP contribution in [-0.4, -0.2) is 0 Å². The lowest BCUT2D eigenvalue weighted by molar-refractivity contribution is -0.00191. The molecule has 8 aromatic carbocycles. The van der Waals surface area contributed by atoms with Crippen LogP contribution in [0.25, 0.3) is 87.3 Å². The standard InChI is InChI=1S/C60H52O/c1-5-14-46-42(10-1)56(43-11-2-6-15-47(43)59(46)54-38-24-33-22-34(26-38)27-39(54)25-33)37-20-21-52-51(32-37)58-50(18-9-19-53(58)61-52)57-44-12-3-7-16-48(44)60(49-17-8-4-13-45(49)57)55-40-28-35-23-36(30-40)31-41(55)29-35/h1-21,32-36,38-41,54-55H,22-31H2. The first kappa shape index (κ1) is 34.2. The van der Waals surface area contributed by atoms with Crippen molar-refractivity contribution in [1.82, 2.24) is 0 Å². The molecule has 0 saturated heterocycles. The van der Waals surface area contributed by atoms with Crippen LogP contribution in [-0.2, 0) is 0 Å². The van der Waals surface area contributed by atoms with E-state index in [1.165, 1.54) is 140 Å². The molecule has 1 heterocycles.